The molecule has 0 fully saturated rings. The lowest BCUT2D eigenvalue weighted by Gasteiger charge is -2.09. The topological polar surface area (TPSA) is 47.0 Å². The number of rotatable bonds is 4. The first-order valence-corrected chi connectivity index (χ1v) is 7.47. The maximum absolute atomic E-state index is 5.89. The molecule has 0 atom stereocenters. The van der Waals surface area contributed by atoms with Crippen LogP contribution in [0.3, 0.4) is 0 Å². The quantitative estimate of drug-likeness (QED) is 0.858. The average Bonchev–Trinajstić information content (AvgIpc) is 2.97. The molecule has 0 aliphatic carbocycles. The van der Waals surface area contributed by atoms with Gasteiger partial charge in [-0.1, -0.05) is 11.6 Å². The molecule has 23 heavy (non-hydrogen) atoms. The molecular formula is C17H16ClN3O2. The Hall–Kier alpha value is -2.53. The van der Waals surface area contributed by atoms with E-state index in [2.05, 4.69) is 9.98 Å². The zero-order valence-corrected chi connectivity index (χ0v) is 13.6. The fourth-order valence-electron chi connectivity index (χ4n) is 2.09. The van der Waals surface area contributed by atoms with Crippen molar-refractivity contribution in [2.24, 2.45) is 4.99 Å². The minimum absolute atomic E-state index is 0.433. The molecule has 0 spiro atoms. The highest BCUT2D eigenvalue weighted by Gasteiger charge is 2.20. The monoisotopic (exact) mass is 329 g/mol. The predicted octanol–water partition coefficient (Wildman–Crippen LogP) is 3.71. The standard InChI is InChI=1S/C17H16ClN3O2/c1-21(2)10-13-11-22-17(20-13)15-4-3-9-19-16(15)23-14-7-5-12(18)6-8-14/h3-10H,11H2,1-2H3. The molecular weight excluding hydrogens is 314 g/mol. The number of aromatic nitrogens is 1. The smallest absolute Gasteiger partial charge is 0.231 e. The number of hydrogen-bond donors (Lipinski definition) is 0. The normalized spacial score (nSPS) is 15.3. The van der Waals surface area contributed by atoms with Gasteiger partial charge in [0.2, 0.25) is 11.8 Å². The molecule has 0 unspecified atom stereocenters. The van der Waals surface area contributed by atoms with Gasteiger partial charge < -0.3 is 14.4 Å². The summed E-state index contributed by atoms with van der Waals surface area (Å²) >= 11 is 5.89. The van der Waals surface area contributed by atoms with Crippen LogP contribution in [-0.4, -0.2) is 36.5 Å². The van der Waals surface area contributed by atoms with Crippen LogP contribution in [0.5, 0.6) is 11.6 Å². The van der Waals surface area contributed by atoms with Gasteiger partial charge in [-0.25, -0.2) is 9.98 Å². The molecule has 0 radical (unpaired) electrons. The van der Waals surface area contributed by atoms with Gasteiger partial charge in [0.25, 0.3) is 0 Å². The van der Waals surface area contributed by atoms with Crippen LogP contribution in [0, 0.1) is 0 Å². The SMILES string of the molecule is CN(C)C=C1COC(c2cccnc2Oc2ccc(Cl)cc2)=N1. The van der Waals surface area contributed by atoms with Crippen LogP contribution in [0.4, 0.5) is 0 Å². The summed E-state index contributed by atoms with van der Waals surface area (Å²) in [6.07, 6.45) is 3.59. The Bertz CT molecular complexity index is 755. The highest BCUT2D eigenvalue weighted by atomic mass is 35.5. The summed E-state index contributed by atoms with van der Waals surface area (Å²) in [5, 5.41) is 0.653. The van der Waals surface area contributed by atoms with Crippen LogP contribution < -0.4 is 4.74 Å². The molecule has 6 heteroatoms. The average molecular weight is 330 g/mol. The molecule has 2 aromatic rings. The Morgan fingerprint density at radius 1 is 1.22 bits per heavy atom. The minimum atomic E-state index is 0.433. The molecule has 0 N–H and O–H groups in total. The third-order valence-corrected chi connectivity index (χ3v) is 3.29. The van der Waals surface area contributed by atoms with Crippen LogP contribution in [0.2, 0.25) is 5.02 Å². The van der Waals surface area contributed by atoms with Crippen molar-refractivity contribution >= 4 is 17.5 Å². The highest BCUT2D eigenvalue weighted by Crippen LogP contribution is 2.27. The molecule has 0 amide bonds. The summed E-state index contributed by atoms with van der Waals surface area (Å²) in [5.41, 5.74) is 1.57. The fraction of sp³-hybridized carbons (Fsp3) is 0.176. The van der Waals surface area contributed by atoms with E-state index in [0.717, 1.165) is 5.70 Å². The lowest BCUT2D eigenvalue weighted by molar-refractivity contribution is 0.358. The molecule has 1 aliphatic rings. The second-order valence-corrected chi connectivity index (χ2v) is 5.64. The largest absolute Gasteiger partial charge is 0.471 e. The van der Waals surface area contributed by atoms with E-state index < -0.39 is 0 Å². The van der Waals surface area contributed by atoms with E-state index in [1.165, 1.54) is 0 Å². The maximum atomic E-state index is 5.89. The van der Waals surface area contributed by atoms with Crippen molar-refractivity contribution in [2.75, 3.05) is 20.7 Å². The van der Waals surface area contributed by atoms with Crippen molar-refractivity contribution in [3.63, 3.8) is 0 Å². The second-order valence-electron chi connectivity index (χ2n) is 5.20. The first-order chi connectivity index (χ1) is 11.1. The summed E-state index contributed by atoms with van der Waals surface area (Å²) in [7, 11) is 3.89. The van der Waals surface area contributed by atoms with Crippen molar-refractivity contribution in [2.45, 2.75) is 0 Å². The van der Waals surface area contributed by atoms with Gasteiger partial charge in [-0.2, -0.15) is 0 Å². The van der Waals surface area contributed by atoms with E-state index in [9.17, 15) is 0 Å². The Morgan fingerprint density at radius 3 is 2.74 bits per heavy atom. The molecule has 5 nitrogen and oxygen atoms in total. The van der Waals surface area contributed by atoms with Crippen molar-refractivity contribution in [1.82, 2.24) is 9.88 Å². The van der Waals surface area contributed by atoms with Gasteiger partial charge >= 0.3 is 0 Å². The van der Waals surface area contributed by atoms with E-state index in [0.29, 0.717) is 34.7 Å². The van der Waals surface area contributed by atoms with Crippen LogP contribution in [0.15, 0.2) is 59.5 Å². The van der Waals surface area contributed by atoms with Gasteiger partial charge in [0.15, 0.2) is 0 Å². The van der Waals surface area contributed by atoms with Crippen LogP contribution in [-0.2, 0) is 4.74 Å². The number of aliphatic imine (C=N–C) groups is 1. The van der Waals surface area contributed by atoms with Gasteiger partial charge in [0, 0.05) is 31.5 Å². The molecule has 1 aromatic heterocycles. The van der Waals surface area contributed by atoms with Gasteiger partial charge in [-0.05, 0) is 36.4 Å². The molecule has 118 valence electrons. The Labute approximate surface area is 139 Å². The number of nitrogens with zero attached hydrogens (tertiary/aromatic N) is 3. The van der Waals surface area contributed by atoms with Crippen LogP contribution in [0.25, 0.3) is 0 Å². The van der Waals surface area contributed by atoms with E-state index in [1.807, 2.05) is 37.3 Å². The van der Waals surface area contributed by atoms with Gasteiger partial charge in [0.1, 0.15) is 12.4 Å². The number of halogens is 1. The summed E-state index contributed by atoms with van der Waals surface area (Å²) in [4.78, 5) is 10.7. The van der Waals surface area contributed by atoms with Crippen molar-refractivity contribution in [1.29, 1.82) is 0 Å². The molecule has 0 saturated heterocycles. The van der Waals surface area contributed by atoms with Gasteiger partial charge in [-0.3, -0.25) is 0 Å². The van der Waals surface area contributed by atoms with Crippen molar-refractivity contribution in [3.05, 3.63) is 65.1 Å². The number of benzene rings is 1. The van der Waals surface area contributed by atoms with Crippen molar-refractivity contribution < 1.29 is 9.47 Å². The van der Waals surface area contributed by atoms with E-state index >= 15 is 0 Å². The fourth-order valence-corrected chi connectivity index (χ4v) is 2.21. The zero-order valence-electron chi connectivity index (χ0n) is 12.9. The lowest BCUT2D eigenvalue weighted by Crippen LogP contribution is -2.04. The summed E-state index contributed by atoms with van der Waals surface area (Å²) in [5.74, 6) is 1.60. The van der Waals surface area contributed by atoms with Gasteiger partial charge in [0.05, 0.1) is 11.3 Å². The van der Waals surface area contributed by atoms with E-state index in [4.69, 9.17) is 21.1 Å². The predicted molar refractivity (Wildman–Crippen MR) is 90.0 cm³/mol. The van der Waals surface area contributed by atoms with Gasteiger partial charge in [-0.15, -0.1) is 0 Å². The number of pyridine rings is 1. The summed E-state index contributed by atoms with van der Waals surface area (Å²) < 4.78 is 11.5. The van der Waals surface area contributed by atoms with Crippen LogP contribution >= 0.6 is 11.6 Å². The lowest BCUT2D eigenvalue weighted by atomic mass is 10.2. The molecule has 3 rings (SSSR count). The molecule has 0 bridgehead atoms. The Kier molecular flexibility index (Phi) is 4.48. The van der Waals surface area contributed by atoms with Crippen molar-refractivity contribution in [3.8, 4) is 11.6 Å². The van der Waals surface area contributed by atoms with E-state index in [1.54, 1.807) is 30.5 Å². The molecule has 1 aromatic carbocycles. The van der Waals surface area contributed by atoms with E-state index in [-0.39, 0.29) is 0 Å². The Balaban J connectivity index is 1.88. The molecule has 1 aliphatic heterocycles. The highest BCUT2D eigenvalue weighted by molar-refractivity contribution is 6.30. The first-order valence-electron chi connectivity index (χ1n) is 7.09. The molecule has 2 heterocycles. The third-order valence-electron chi connectivity index (χ3n) is 3.04. The summed E-state index contributed by atoms with van der Waals surface area (Å²) in [6.45, 7) is 0.433. The number of ether oxygens (including phenoxy) is 2. The van der Waals surface area contributed by atoms with Crippen LogP contribution in [0.1, 0.15) is 5.56 Å². The first kappa shape index (κ1) is 15.4. The Morgan fingerprint density at radius 2 is 2.00 bits per heavy atom. The zero-order chi connectivity index (χ0) is 16.2. The number of hydrogen-bond acceptors (Lipinski definition) is 5. The maximum Gasteiger partial charge on any atom is 0.231 e. The third kappa shape index (κ3) is 3.81. The second kappa shape index (κ2) is 6.71. The summed E-state index contributed by atoms with van der Waals surface area (Å²) in [6, 6.07) is 10.8. The molecule has 0 saturated carbocycles. The minimum Gasteiger partial charge on any atom is -0.471 e.